The fourth-order valence-electron chi connectivity index (χ4n) is 0.935. The Morgan fingerprint density at radius 3 is 3.00 bits per heavy atom. The Kier molecular flexibility index (Phi) is 1.90. The standard InChI is InChI=1S/C7H8N4OS/c1-12-4-2-5(13-3-4)6-9-7(8)11-10-6/h2-3H,1H3,(H3,8,9,10,11). The Balaban J connectivity index is 2.35. The summed E-state index contributed by atoms with van der Waals surface area (Å²) in [6.45, 7) is 0. The fourth-order valence-corrected chi connectivity index (χ4v) is 1.73. The van der Waals surface area contributed by atoms with Crippen LogP contribution in [-0.2, 0) is 0 Å². The van der Waals surface area contributed by atoms with E-state index >= 15 is 0 Å². The highest BCUT2D eigenvalue weighted by molar-refractivity contribution is 7.13. The summed E-state index contributed by atoms with van der Waals surface area (Å²) in [5.41, 5.74) is 5.38. The maximum Gasteiger partial charge on any atom is 0.239 e. The summed E-state index contributed by atoms with van der Waals surface area (Å²) in [6, 6.07) is 1.88. The molecule has 0 aromatic carbocycles. The third-order valence-corrected chi connectivity index (χ3v) is 2.46. The van der Waals surface area contributed by atoms with E-state index in [9.17, 15) is 0 Å². The van der Waals surface area contributed by atoms with Gasteiger partial charge in [-0.15, -0.1) is 16.4 Å². The van der Waals surface area contributed by atoms with E-state index in [0.717, 1.165) is 10.6 Å². The number of aromatic amines is 1. The third kappa shape index (κ3) is 1.48. The molecule has 0 bridgehead atoms. The second-order valence-corrected chi connectivity index (χ2v) is 3.30. The average Bonchev–Trinajstić information content (AvgIpc) is 2.71. The number of nitrogen functional groups attached to an aromatic ring is 1. The largest absolute Gasteiger partial charge is 0.496 e. The van der Waals surface area contributed by atoms with Gasteiger partial charge in [0.15, 0.2) is 5.82 Å². The van der Waals surface area contributed by atoms with Crippen molar-refractivity contribution in [2.75, 3.05) is 12.8 Å². The van der Waals surface area contributed by atoms with Gasteiger partial charge in [-0.25, -0.2) is 0 Å². The first-order valence-electron chi connectivity index (χ1n) is 3.60. The van der Waals surface area contributed by atoms with Gasteiger partial charge in [-0.1, -0.05) is 0 Å². The van der Waals surface area contributed by atoms with Crippen LogP contribution in [0.4, 0.5) is 5.95 Å². The molecule has 0 spiro atoms. The predicted octanol–water partition coefficient (Wildman–Crippen LogP) is 1.12. The zero-order chi connectivity index (χ0) is 9.26. The van der Waals surface area contributed by atoms with E-state index in [2.05, 4.69) is 15.2 Å². The Hall–Kier alpha value is -1.56. The Labute approximate surface area is 78.6 Å². The van der Waals surface area contributed by atoms with Crippen molar-refractivity contribution >= 4 is 17.3 Å². The molecule has 68 valence electrons. The first kappa shape index (κ1) is 8.06. The number of aromatic nitrogens is 3. The van der Waals surface area contributed by atoms with Crippen molar-refractivity contribution in [1.29, 1.82) is 0 Å². The summed E-state index contributed by atoms with van der Waals surface area (Å²) in [5.74, 6) is 1.74. The number of thiophene rings is 1. The molecule has 0 saturated heterocycles. The van der Waals surface area contributed by atoms with Gasteiger partial charge in [0.2, 0.25) is 5.95 Å². The van der Waals surface area contributed by atoms with Crippen molar-refractivity contribution in [2.45, 2.75) is 0 Å². The van der Waals surface area contributed by atoms with Crippen molar-refractivity contribution in [1.82, 2.24) is 15.2 Å². The minimum absolute atomic E-state index is 0.252. The highest BCUT2D eigenvalue weighted by Crippen LogP contribution is 2.28. The Morgan fingerprint density at radius 1 is 1.62 bits per heavy atom. The van der Waals surface area contributed by atoms with Crippen LogP contribution < -0.4 is 10.5 Å². The van der Waals surface area contributed by atoms with Crippen LogP contribution in [-0.4, -0.2) is 22.3 Å². The van der Waals surface area contributed by atoms with Crippen molar-refractivity contribution in [3.63, 3.8) is 0 Å². The lowest BCUT2D eigenvalue weighted by molar-refractivity contribution is 0.417. The van der Waals surface area contributed by atoms with Crippen LogP contribution in [0.2, 0.25) is 0 Å². The van der Waals surface area contributed by atoms with Crippen LogP contribution in [0, 0.1) is 0 Å². The molecule has 0 unspecified atom stereocenters. The molecule has 0 fully saturated rings. The highest BCUT2D eigenvalue weighted by atomic mass is 32.1. The minimum atomic E-state index is 0.252. The molecule has 2 rings (SSSR count). The van der Waals surface area contributed by atoms with Crippen molar-refractivity contribution in [3.8, 4) is 16.5 Å². The van der Waals surface area contributed by atoms with Crippen LogP contribution in [0.1, 0.15) is 0 Å². The van der Waals surface area contributed by atoms with Crippen LogP contribution in [0.15, 0.2) is 11.4 Å². The highest BCUT2D eigenvalue weighted by Gasteiger charge is 2.06. The zero-order valence-electron chi connectivity index (χ0n) is 6.94. The molecule has 5 nitrogen and oxygen atoms in total. The number of nitrogens with one attached hydrogen (secondary N) is 1. The second-order valence-electron chi connectivity index (χ2n) is 2.39. The maximum atomic E-state index is 5.38. The SMILES string of the molecule is COc1csc(-c2nc(N)n[nH]2)c1. The summed E-state index contributed by atoms with van der Waals surface area (Å²) in [7, 11) is 1.63. The first-order valence-corrected chi connectivity index (χ1v) is 4.48. The third-order valence-electron chi connectivity index (χ3n) is 1.55. The topological polar surface area (TPSA) is 76.8 Å². The molecule has 6 heteroatoms. The lowest BCUT2D eigenvalue weighted by atomic mass is 10.4. The van der Waals surface area contributed by atoms with Crippen molar-refractivity contribution in [2.24, 2.45) is 0 Å². The molecule has 0 aliphatic carbocycles. The van der Waals surface area contributed by atoms with Crippen LogP contribution in [0.5, 0.6) is 5.75 Å². The second kappa shape index (κ2) is 3.06. The van der Waals surface area contributed by atoms with Crippen LogP contribution in [0.25, 0.3) is 10.7 Å². The summed E-state index contributed by atoms with van der Waals surface area (Å²) in [4.78, 5) is 4.95. The molecular formula is C7H8N4OS. The van der Waals surface area contributed by atoms with Crippen molar-refractivity contribution < 1.29 is 4.74 Å². The molecule has 0 saturated carbocycles. The molecule has 0 aliphatic rings. The Morgan fingerprint density at radius 2 is 2.46 bits per heavy atom. The van der Waals surface area contributed by atoms with Gasteiger partial charge in [-0.2, -0.15) is 4.98 Å². The number of rotatable bonds is 2. The number of nitrogens with zero attached hydrogens (tertiary/aromatic N) is 2. The molecule has 2 heterocycles. The van der Waals surface area contributed by atoms with E-state index in [-0.39, 0.29) is 5.95 Å². The van der Waals surface area contributed by atoms with Gasteiger partial charge < -0.3 is 10.5 Å². The maximum absolute atomic E-state index is 5.38. The monoisotopic (exact) mass is 196 g/mol. The van der Waals surface area contributed by atoms with Gasteiger partial charge in [0, 0.05) is 11.4 Å². The molecule has 13 heavy (non-hydrogen) atoms. The first-order chi connectivity index (χ1) is 6.29. The molecular weight excluding hydrogens is 188 g/mol. The van der Waals surface area contributed by atoms with E-state index in [1.807, 2.05) is 11.4 Å². The quantitative estimate of drug-likeness (QED) is 0.754. The molecule has 0 atom stereocenters. The molecule has 0 amide bonds. The molecule has 0 aliphatic heterocycles. The summed E-state index contributed by atoms with van der Waals surface area (Å²) in [5, 5.41) is 8.36. The lowest BCUT2D eigenvalue weighted by Crippen LogP contribution is -1.85. The van der Waals surface area contributed by atoms with Gasteiger partial charge in [-0.05, 0) is 0 Å². The van der Waals surface area contributed by atoms with Gasteiger partial charge >= 0.3 is 0 Å². The number of nitrogens with two attached hydrogens (primary N) is 1. The van der Waals surface area contributed by atoms with E-state index < -0.39 is 0 Å². The number of methoxy groups -OCH3 is 1. The minimum Gasteiger partial charge on any atom is -0.496 e. The average molecular weight is 196 g/mol. The number of H-pyrrole nitrogens is 1. The van der Waals surface area contributed by atoms with Crippen molar-refractivity contribution in [3.05, 3.63) is 11.4 Å². The zero-order valence-corrected chi connectivity index (χ0v) is 7.76. The summed E-state index contributed by atoms with van der Waals surface area (Å²) in [6.07, 6.45) is 0. The van der Waals surface area contributed by atoms with Gasteiger partial charge in [0.1, 0.15) is 5.75 Å². The predicted molar refractivity (Wildman–Crippen MR) is 50.7 cm³/mol. The van der Waals surface area contributed by atoms with E-state index in [1.54, 1.807) is 7.11 Å². The summed E-state index contributed by atoms with van der Waals surface area (Å²) >= 11 is 1.53. The lowest BCUT2D eigenvalue weighted by Gasteiger charge is -1.89. The molecule has 2 aromatic rings. The number of hydrogen-bond acceptors (Lipinski definition) is 5. The molecule has 3 N–H and O–H groups in total. The number of hydrogen-bond donors (Lipinski definition) is 2. The van der Waals surface area contributed by atoms with E-state index in [1.165, 1.54) is 11.3 Å². The van der Waals surface area contributed by atoms with Crippen LogP contribution >= 0.6 is 11.3 Å². The Bertz CT molecular complexity index is 408. The fraction of sp³-hybridized carbons (Fsp3) is 0.143. The molecule has 0 radical (unpaired) electrons. The van der Waals surface area contributed by atoms with E-state index in [0.29, 0.717) is 5.82 Å². The summed E-state index contributed by atoms with van der Waals surface area (Å²) < 4.78 is 5.04. The normalized spacial score (nSPS) is 10.2. The molecule has 2 aromatic heterocycles. The van der Waals surface area contributed by atoms with Gasteiger partial charge in [0.25, 0.3) is 0 Å². The van der Waals surface area contributed by atoms with Gasteiger partial charge in [0.05, 0.1) is 12.0 Å². The smallest absolute Gasteiger partial charge is 0.239 e. The van der Waals surface area contributed by atoms with E-state index in [4.69, 9.17) is 10.5 Å². The number of ether oxygens (including phenoxy) is 1. The van der Waals surface area contributed by atoms with Crippen LogP contribution in [0.3, 0.4) is 0 Å². The number of anilines is 1. The van der Waals surface area contributed by atoms with Gasteiger partial charge in [-0.3, -0.25) is 5.10 Å².